The minimum absolute atomic E-state index is 0.128. The first-order valence-electron chi connectivity index (χ1n) is 5.97. The average molecular weight is 220 g/mol. The smallest absolute Gasteiger partial charge is 0.0708 e. The van der Waals surface area contributed by atoms with Gasteiger partial charge in [-0.05, 0) is 12.5 Å². The number of hydrogen-bond donors (Lipinski definition) is 2. The molecule has 88 valence electrons. The van der Waals surface area contributed by atoms with E-state index in [1.807, 2.05) is 25.1 Å². The molecule has 3 heteroatoms. The topological polar surface area (TPSA) is 35.5 Å². The summed E-state index contributed by atoms with van der Waals surface area (Å²) in [5, 5.41) is 13.3. The normalized spacial score (nSPS) is 21.6. The van der Waals surface area contributed by atoms with E-state index in [1.165, 1.54) is 5.56 Å². The van der Waals surface area contributed by atoms with E-state index in [1.54, 1.807) is 0 Å². The molecule has 0 spiro atoms. The summed E-state index contributed by atoms with van der Waals surface area (Å²) in [6.45, 7) is 5.90. The van der Waals surface area contributed by atoms with Crippen LogP contribution in [-0.4, -0.2) is 42.3 Å². The van der Waals surface area contributed by atoms with Crippen molar-refractivity contribution in [2.75, 3.05) is 26.2 Å². The molecule has 0 radical (unpaired) electrons. The van der Waals surface area contributed by atoms with Crippen LogP contribution in [0.2, 0.25) is 0 Å². The van der Waals surface area contributed by atoms with Gasteiger partial charge in [0, 0.05) is 26.2 Å². The van der Waals surface area contributed by atoms with E-state index in [2.05, 4.69) is 22.3 Å². The van der Waals surface area contributed by atoms with Crippen LogP contribution in [0.3, 0.4) is 0 Å². The van der Waals surface area contributed by atoms with Crippen LogP contribution in [0.25, 0.3) is 0 Å². The Labute approximate surface area is 97.1 Å². The lowest BCUT2D eigenvalue weighted by atomic mass is 10.00. The van der Waals surface area contributed by atoms with Crippen LogP contribution in [0.5, 0.6) is 0 Å². The molecule has 1 aromatic carbocycles. The van der Waals surface area contributed by atoms with Gasteiger partial charge in [0.25, 0.3) is 0 Å². The number of rotatable bonds is 3. The van der Waals surface area contributed by atoms with E-state index < -0.39 is 0 Å². The summed E-state index contributed by atoms with van der Waals surface area (Å²) in [6, 6.07) is 10.4. The fourth-order valence-electron chi connectivity index (χ4n) is 2.40. The molecule has 0 amide bonds. The lowest BCUT2D eigenvalue weighted by molar-refractivity contribution is 0.0525. The molecular formula is C13H20N2O. The first-order chi connectivity index (χ1) is 7.79. The van der Waals surface area contributed by atoms with Crippen LogP contribution in [0.4, 0.5) is 0 Å². The molecule has 0 saturated carbocycles. The van der Waals surface area contributed by atoms with Gasteiger partial charge in [-0.1, -0.05) is 30.3 Å². The minimum Gasteiger partial charge on any atom is -0.391 e. The quantitative estimate of drug-likeness (QED) is 0.798. The second-order valence-corrected chi connectivity index (χ2v) is 4.38. The molecule has 2 atom stereocenters. The highest BCUT2D eigenvalue weighted by atomic mass is 16.3. The van der Waals surface area contributed by atoms with Crippen molar-refractivity contribution in [3.05, 3.63) is 35.9 Å². The molecule has 0 aromatic heterocycles. The minimum atomic E-state index is -0.333. The van der Waals surface area contributed by atoms with Gasteiger partial charge in [-0.3, -0.25) is 4.90 Å². The van der Waals surface area contributed by atoms with Crippen molar-refractivity contribution in [1.29, 1.82) is 0 Å². The molecule has 1 fully saturated rings. The SMILES string of the molecule is CC(O)C(c1ccccc1)N1CCNCC1. The van der Waals surface area contributed by atoms with Gasteiger partial charge in [-0.25, -0.2) is 0 Å². The lowest BCUT2D eigenvalue weighted by Crippen LogP contribution is -2.47. The lowest BCUT2D eigenvalue weighted by Gasteiger charge is -2.36. The van der Waals surface area contributed by atoms with Crippen molar-refractivity contribution in [2.45, 2.75) is 19.1 Å². The Bertz CT molecular complexity index is 307. The van der Waals surface area contributed by atoms with Crippen LogP contribution in [0, 0.1) is 0 Å². The fourth-order valence-corrected chi connectivity index (χ4v) is 2.40. The fraction of sp³-hybridized carbons (Fsp3) is 0.538. The number of hydrogen-bond acceptors (Lipinski definition) is 3. The number of nitrogens with zero attached hydrogens (tertiary/aromatic N) is 1. The van der Waals surface area contributed by atoms with Crippen molar-refractivity contribution in [2.24, 2.45) is 0 Å². The van der Waals surface area contributed by atoms with Gasteiger partial charge in [0.1, 0.15) is 0 Å². The maximum atomic E-state index is 9.96. The molecule has 2 N–H and O–H groups in total. The van der Waals surface area contributed by atoms with Gasteiger partial charge >= 0.3 is 0 Å². The Morgan fingerprint density at radius 2 is 1.81 bits per heavy atom. The van der Waals surface area contributed by atoms with E-state index in [0.29, 0.717) is 0 Å². The number of aliphatic hydroxyl groups excluding tert-OH is 1. The summed E-state index contributed by atoms with van der Waals surface area (Å²) in [5.41, 5.74) is 1.21. The third kappa shape index (κ3) is 2.61. The molecule has 1 saturated heterocycles. The van der Waals surface area contributed by atoms with Crippen LogP contribution in [0.1, 0.15) is 18.5 Å². The van der Waals surface area contributed by atoms with E-state index in [4.69, 9.17) is 0 Å². The van der Waals surface area contributed by atoms with Gasteiger partial charge in [-0.15, -0.1) is 0 Å². The van der Waals surface area contributed by atoms with Gasteiger partial charge < -0.3 is 10.4 Å². The third-order valence-electron chi connectivity index (χ3n) is 3.14. The van der Waals surface area contributed by atoms with Gasteiger partial charge in [0.2, 0.25) is 0 Å². The van der Waals surface area contributed by atoms with Gasteiger partial charge in [-0.2, -0.15) is 0 Å². The standard InChI is InChI=1S/C13H20N2O/c1-11(16)13(12-5-3-2-4-6-12)15-9-7-14-8-10-15/h2-6,11,13-14,16H,7-10H2,1H3. The molecule has 3 nitrogen and oxygen atoms in total. The first-order valence-corrected chi connectivity index (χ1v) is 5.97. The summed E-state index contributed by atoms with van der Waals surface area (Å²) in [5.74, 6) is 0. The Morgan fingerprint density at radius 3 is 2.38 bits per heavy atom. The first kappa shape index (κ1) is 11.6. The Balaban J connectivity index is 2.16. The average Bonchev–Trinajstić information content (AvgIpc) is 2.31. The van der Waals surface area contributed by atoms with E-state index in [-0.39, 0.29) is 12.1 Å². The van der Waals surface area contributed by atoms with Crippen LogP contribution in [-0.2, 0) is 0 Å². The zero-order valence-corrected chi connectivity index (χ0v) is 9.76. The second-order valence-electron chi connectivity index (χ2n) is 4.38. The summed E-state index contributed by atoms with van der Waals surface area (Å²) < 4.78 is 0. The van der Waals surface area contributed by atoms with E-state index in [9.17, 15) is 5.11 Å². The second kappa shape index (κ2) is 5.43. The maximum absolute atomic E-state index is 9.96. The highest BCUT2D eigenvalue weighted by Crippen LogP contribution is 2.24. The summed E-state index contributed by atoms with van der Waals surface area (Å²) in [6.07, 6.45) is -0.333. The molecule has 0 aliphatic carbocycles. The molecule has 1 heterocycles. The van der Waals surface area contributed by atoms with Crippen LogP contribution in [0.15, 0.2) is 30.3 Å². The third-order valence-corrected chi connectivity index (χ3v) is 3.14. The Kier molecular flexibility index (Phi) is 3.93. The van der Waals surface area contributed by atoms with Crippen LogP contribution >= 0.6 is 0 Å². The molecule has 1 aliphatic heterocycles. The van der Waals surface area contributed by atoms with Crippen molar-refractivity contribution >= 4 is 0 Å². The predicted molar refractivity (Wildman–Crippen MR) is 65.3 cm³/mol. The summed E-state index contributed by atoms with van der Waals surface area (Å²) in [7, 11) is 0. The number of aliphatic hydroxyl groups is 1. The number of piperazine rings is 1. The predicted octanol–water partition coefficient (Wildman–Crippen LogP) is 1.01. The number of benzene rings is 1. The van der Waals surface area contributed by atoms with E-state index >= 15 is 0 Å². The molecule has 0 bridgehead atoms. The van der Waals surface area contributed by atoms with Crippen molar-refractivity contribution in [1.82, 2.24) is 10.2 Å². The maximum Gasteiger partial charge on any atom is 0.0708 e. The molecule has 2 rings (SSSR count). The summed E-state index contributed by atoms with van der Waals surface area (Å²) >= 11 is 0. The Morgan fingerprint density at radius 1 is 1.19 bits per heavy atom. The van der Waals surface area contributed by atoms with Crippen LogP contribution < -0.4 is 5.32 Å². The summed E-state index contributed by atoms with van der Waals surface area (Å²) in [4.78, 5) is 2.36. The highest BCUT2D eigenvalue weighted by molar-refractivity contribution is 5.20. The Hall–Kier alpha value is -0.900. The molecular weight excluding hydrogens is 200 g/mol. The van der Waals surface area contributed by atoms with Crippen molar-refractivity contribution < 1.29 is 5.11 Å². The highest BCUT2D eigenvalue weighted by Gasteiger charge is 2.25. The monoisotopic (exact) mass is 220 g/mol. The molecule has 16 heavy (non-hydrogen) atoms. The zero-order valence-electron chi connectivity index (χ0n) is 9.76. The molecule has 1 aliphatic rings. The van der Waals surface area contributed by atoms with Gasteiger partial charge in [0.05, 0.1) is 12.1 Å². The molecule has 2 unspecified atom stereocenters. The zero-order chi connectivity index (χ0) is 11.4. The van der Waals surface area contributed by atoms with Crippen molar-refractivity contribution in [3.8, 4) is 0 Å². The van der Waals surface area contributed by atoms with E-state index in [0.717, 1.165) is 26.2 Å². The molecule has 1 aromatic rings. The van der Waals surface area contributed by atoms with Gasteiger partial charge in [0.15, 0.2) is 0 Å². The van der Waals surface area contributed by atoms with Crippen molar-refractivity contribution in [3.63, 3.8) is 0 Å². The number of nitrogens with one attached hydrogen (secondary N) is 1. The largest absolute Gasteiger partial charge is 0.391 e.